The first kappa shape index (κ1) is 24.9. The standard InChI is InChI=1S/C27H38N4O2S/c1-19(2)16-30(17-20-7-4-3-5-8-20)23-15-24(26(32)29-22-12-10-21(28)11-13-22)31(18-23)27(33)25-9-6-14-34-25/h3-9,14,19,21-24H,10-13,15-18,28H2,1-2H3,(H,29,32). The molecule has 2 aliphatic rings. The largest absolute Gasteiger partial charge is 0.352 e. The maximum absolute atomic E-state index is 13.5. The second-order valence-corrected chi connectivity index (χ2v) is 11.2. The molecule has 6 nitrogen and oxygen atoms in total. The molecular formula is C27H38N4O2S. The number of rotatable bonds is 8. The van der Waals surface area contributed by atoms with Gasteiger partial charge in [-0.25, -0.2) is 0 Å². The van der Waals surface area contributed by atoms with Gasteiger partial charge in [-0.05, 0) is 55.0 Å². The first-order valence-electron chi connectivity index (χ1n) is 12.6. The Morgan fingerprint density at radius 3 is 2.50 bits per heavy atom. The van der Waals surface area contributed by atoms with E-state index in [0.717, 1.165) is 38.8 Å². The minimum Gasteiger partial charge on any atom is -0.352 e. The maximum atomic E-state index is 13.5. The van der Waals surface area contributed by atoms with E-state index in [9.17, 15) is 9.59 Å². The molecule has 2 heterocycles. The van der Waals surface area contributed by atoms with E-state index in [1.165, 1.54) is 16.9 Å². The summed E-state index contributed by atoms with van der Waals surface area (Å²) in [6, 6.07) is 14.3. The predicted molar refractivity (Wildman–Crippen MR) is 138 cm³/mol. The molecule has 3 N–H and O–H groups in total. The van der Waals surface area contributed by atoms with Gasteiger partial charge in [-0.1, -0.05) is 50.2 Å². The Hall–Kier alpha value is -2.22. The number of hydrogen-bond acceptors (Lipinski definition) is 5. The Bertz CT molecular complexity index is 925. The fourth-order valence-electron chi connectivity index (χ4n) is 5.28. The average molecular weight is 483 g/mol. The third-order valence-corrected chi connectivity index (χ3v) is 7.90. The summed E-state index contributed by atoms with van der Waals surface area (Å²) in [7, 11) is 0. The number of benzene rings is 1. The number of carbonyl (C=O) groups is 2. The zero-order valence-corrected chi connectivity index (χ0v) is 21.2. The molecule has 34 heavy (non-hydrogen) atoms. The molecule has 2 unspecified atom stereocenters. The lowest BCUT2D eigenvalue weighted by atomic mass is 9.91. The van der Waals surface area contributed by atoms with E-state index in [0.29, 0.717) is 23.8 Å². The minimum absolute atomic E-state index is 0.0166. The van der Waals surface area contributed by atoms with Gasteiger partial charge in [0.05, 0.1) is 4.88 Å². The summed E-state index contributed by atoms with van der Waals surface area (Å²) in [6.07, 6.45) is 4.37. The average Bonchev–Trinajstić information content (AvgIpc) is 3.51. The van der Waals surface area contributed by atoms with Crippen LogP contribution in [0.5, 0.6) is 0 Å². The SMILES string of the molecule is CC(C)CN(Cc1ccccc1)C1CC(C(=O)NC2CCC(N)CC2)N(C(=O)c2cccs2)C1. The van der Waals surface area contributed by atoms with Crippen molar-refractivity contribution in [2.45, 2.75) is 76.7 Å². The van der Waals surface area contributed by atoms with Crippen LogP contribution >= 0.6 is 11.3 Å². The van der Waals surface area contributed by atoms with Crippen LogP contribution in [-0.2, 0) is 11.3 Å². The van der Waals surface area contributed by atoms with Crippen molar-refractivity contribution in [3.63, 3.8) is 0 Å². The van der Waals surface area contributed by atoms with Crippen molar-refractivity contribution in [2.24, 2.45) is 11.7 Å². The van der Waals surface area contributed by atoms with Crippen LogP contribution in [0, 0.1) is 5.92 Å². The van der Waals surface area contributed by atoms with Gasteiger partial charge in [-0.15, -0.1) is 11.3 Å². The number of amides is 2. The summed E-state index contributed by atoms with van der Waals surface area (Å²) in [4.78, 5) is 31.9. The van der Waals surface area contributed by atoms with Gasteiger partial charge in [-0.3, -0.25) is 14.5 Å². The third kappa shape index (κ3) is 6.26. The molecule has 1 aromatic heterocycles. The van der Waals surface area contributed by atoms with Crippen LogP contribution in [0.15, 0.2) is 47.8 Å². The summed E-state index contributed by atoms with van der Waals surface area (Å²) >= 11 is 1.44. The number of nitrogens with two attached hydrogens (primary N) is 1. The summed E-state index contributed by atoms with van der Waals surface area (Å²) in [5.74, 6) is 0.439. The Morgan fingerprint density at radius 1 is 1.12 bits per heavy atom. The zero-order valence-electron chi connectivity index (χ0n) is 20.4. The van der Waals surface area contributed by atoms with Crippen LogP contribution in [0.3, 0.4) is 0 Å². The number of hydrogen-bond donors (Lipinski definition) is 2. The van der Waals surface area contributed by atoms with E-state index in [1.54, 1.807) is 0 Å². The highest BCUT2D eigenvalue weighted by Crippen LogP contribution is 2.28. The molecule has 7 heteroatoms. The molecular weight excluding hydrogens is 444 g/mol. The first-order chi connectivity index (χ1) is 16.4. The third-order valence-electron chi connectivity index (χ3n) is 7.04. The number of likely N-dealkylation sites (tertiary alicyclic amines) is 1. The van der Waals surface area contributed by atoms with E-state index < -0.39 is 6.04 Å². The van der Waals surface area contributed by atoms with E-state index in [2.05, 4.69) is 48.3 Å². The first-order valence-corrected chi connectivity index (χ1v) is 13.5. The molecule has 1 aliphatic carbocycles. The lowest BCUT2D eigenvalue weighted by Crippen LogP contribution is -2.50. The monoisotopic (exact) mass is 482 g/mol. The van der Waals surface area contributed by atoms with Crippen LogP contribution in [0.1, 0.15) is 61.2 Å². The fraction of sp³-hybridized carbons (Fsp3) is 0.556. The highest BCUT2D eigenvalue weighted by atomic mass is 32.1. The summed E-state index contributed by atoms with van der Waals surface area (Å²) in [6.45, 7) is 6.76. The Morgan fingerprint density at radius 2 is 1.85 bits per heavy atom. The van der Waals surface area contributed by atoms with Gasteiger partial charge in [0, 0.05) is 37.8 Å². The molecule has 0 spiro atoms. The molecule has 0 radical (unpaired) electrons. The number of thiophene rings is 1. The van der Waals surface area contributed by atoms with E-state index >= 15 is 0 Å². The van der Waals surface area contributed by atoms with E-state index in [4.69, 9.17) is 5.73 Å². The molecule has 184 valence electrons. The van der Waals surface area contributed by atoms with Crippen molar-refractivity contribution < 1.29 is 9.59 Å². The molecule has 4 rings (SSSR count). The summed E-state index contributed by atoms with van der Waals surface area (Å²) in [5, 5.41) is 5.18. The second-order valence-electron chi connectivity index (χ2n) is 10.3. The normalized spacial score (nSPS) is 25.1. The van der Waals surface area contributed by atoms with Gasteiger partial charge in [0.15, 0.2) is 0 Å². The molecule has 1 aliphatic heterocycles. The van der Waals surface area contributed by atoms with Crippen molar-refractivity contribution in [2.75, 3.05) is 13.1 Å². The van der Waals surface area contributed by atoms with Crippen LogP contribution < -0.4 is 11.1 Å². The number of carbonyl (C=O) groups excluding carboxylic acids is 2. The summed E-state index contributed by atoms with van der Waals surface area (Å²) in [5.41, 5.74) is 7.31. The molecule has 2 atom stereocenters. The number of nitrogens with zero attached hydrogens (tertiary/aromatic N) is 2. The fourth-order valence-corrected chi connectivity index (χ4v) is 5.96. The Kier molecular flexibility index (Phi) is 8.40. The highest BCUT2D eigenvalue weighted by Gasteiger charge is 2.42. The predicted octanol–water partition coefficient (Wildman–Crippen LogP) is 3.88. The van der Waals surface area contributed by atoms with E-state index in [-0.39, 0.29) is 29.9 Å². The van der Waals surface area contributed by atoms with Crippen LogP contribution in [0.2, 0.25) is 0 Å². The molecule has 1 saturated heterocycles. The topological polar surface area (TPSA) is 78.7 Å². The molecule has 2 fully saturated rings. The molecule has 0 bridgehead atoms. The number of nitrogens with one attached hydrogen (secondary N) is 1. The lowest BCUT2D eigenvalue weighted by Gasteiger charge is -2.30. The van der Waals surface area contributed by atoms with E-state index in [1.807, 2.05) is 28.5 Å². The second kappa shape index (κ2) is 11.5. The van der Waals surface area contributed by atoms with Crippen LogP contribution in [-0.4, -0.2) is 58.9 Å². The smallest absolute Gasteiger partial charge is 0.264 e. The van der Waals surface area contributed by atoms with Crippen molar-refractivity contribution in [1.29, 1.82) is 0 Å². The Labute approximate surface area is 207 Å². The maximum Gasteiger partial charge on any atom is 0.264 e. The quantitative estimate of drug-likeness (QED) is 0.599. The van der Waals surface area contributed by atoms with Gasteiger partial charge in [0.1, 0.15) is 6.04 Å². The minimum atomic E-state index is -0.444. The van der Waals surface area contributed by atoms with Gasteiger partial charge >= 0.3 is 0 Å². The molecule has 2 aromatic rings. The van der Waals surface area contributed by atoms with Gasteiger partial charge < -0.3 is 16.0 Å². The zero-order chi connectivity index (χ0) is 24.1. The Balaban J connectivity index is 1.52. The molecule has 1 saturated carbocycles. The highest BCUT2D eigenvalue weighted by molar-refractivity contribution is 7.12. The van der Waals surface area contributed by atoms with Crippen molar-refractivity contribution >= 4 is 23.2 Å². The van der Waals surface area contributed by atoms with Crippen molar-refractivity contribution in [3.8, 4) is 0 Å². The van der Waals surface area contributed by atoms with Gasteiger partial charge in [-0.2, -0.15) is 0 Å². The lowest BCUT2D eigenvalue weighted by molar-refractivity contribution is -0.125. The molecule has 2 amide bonds. The molecule has 1 aromatic carbocycles. The van der Waals surface area contributed by atoms with Gasteiger partial charge in [0.2, 0.25) is 5.91 Å². The van der Waals surface area contributed by atoms with Crippen molar-refractivity contribution in [3.05, 3.63) is 58.3 Å². The van der Waals surface area contributed by atoms with Crippen LogP contribution in [0.25, 0.3) is 0 Å². The summed E-state index contributed by atoms with van der Waals surface area (Å²) < 4.78 is 0. The van der Waals surface area contributed by atoms with Crippen molar-refractivity contribution in [1.82, 2.24) is 15.1 Å². The van der Waals surface area contributed by atoms with Crippen LogP contribution in [0.4, 0.5) is 0 Å². The van der Waals surface area contributed by atoms with Gasteiger partial charge in [0.25, 0.3) is 5.91 Å².